The zero-order valence-corrected chi connectivity index (χ0v) is 15.1. The molecule has 2 rings (SSSR count). The van der Waals surface area contributed by atoms with Crippen molar-refractivity contribution in [2.45, 2.75) is 55.9 Å². The van der Waals surface area contributed by atoms with E-state index in [9.17, 15) is 9.59 Å². The molecule has 0 radical (unpaired) electrons. The van der Waals surface area contributed by atoms with Crippen LogP contribution in [0.1, 0.15) is 44.9 Å². The number of anilines is 1. The second-order valence-electron chi connectivity index (χ2n) is 6.12. The first-order valence-electron chi connectivity index (χ1n) is 8.65. The van der Waals surface area contributed by atoms with Gasteiger partial charge in [0.1, 0.15) is 0 Å². The molecular formula is C18H27N3O2S. The molecule has 1 aromatic carbocycles. The maximum Gasteiger partial charge on any atom is 0.315 e. The van der Waals surface area contributed by atoms with Crippen molar-refractivity contribution in [3.63, 3.8) is 0 Å². The van der Waals surface area contributed by atoms with Gasteiger partial charge in [-0.15, -0.1) is 11.8 Å². The summed E-state index contributed by atoms with van der Waals surface area (Å²) >= 11 is 1.64. The molecule has 6 heteroatoms. The molecule has 5 nitrogen and oxygen atoms in total. The first-order valence-corrected chi connectivity index (χ1v) is 9.88. The fourth-order valence-electron chi connectivity index (χ4n) is 2.86. The van der Waals surface area contributed by atoms with E-state index in [0.717, 1.165) is 23.4 Å². The lowest BCUT2D eigenvalue weighted by Gasteiger charge is -2.22. The Hall–Kier alpha value is -1.69. The summed E-state index contributed by atoms with van der Waals surface area (Å²) in [6.07, 6.45) is 8.85. The number of carbonyl (C=O) groups is 2. The van der Waals surface area contributed by atoms with Gasteiger partial charge >= 0.3 is 6.03 Å². The highest BCUT2D eigenvalue weighted by molar-refractivity contribution is 7.98. The summed E-state index contributed by atoms with van der Waals surface area (Å²) in [6, 6.07) is 7.97. The molecule has 0 spiro atoms. The minimum Gasteiger partial charge on any atom is -0.338 e. The van der Waals surface area contributed by atoms with Crippen LogP contribution in [0.2, 0.25) is 0 Å². The lowest BCUT2D eigenvalue weighted by atomic mass is 9.96. The molecule has 0 aromatic heterocycles. The summed E-state index contributed by atoms with van der Waals surface area (Å²) in [5.74, 6) is -0.0252. The van der Waals surface area contributed by atoms with Gasteiger partial charge in [-0.05, 0) is 43.7 Å². The van der Waals surface area contributed by atoms with E-state index in [1.807, 2.05) is 30.5 Å². The number of nitrogens with one attached hydrogen (secondary N) is 3. The summed E-state index contributed by atoms with van der Waals surface area (Å²) in [5.41, 5.74) is 0.815. The Balaban J connectivity index is 1.59. The number of hydrogen-bond acceptors (Lipinski definition) is 3. The van der Waals surface area contributed by atoms with Gasteiger partial charge in [0.2, 0.25) is 5.91 Å². The Bertz CT molecular complexity index is 545. The van der Waals surface area contributed by atoms with Crippen LogP contribution in [0.25, 0.3) is 0 Å². The lowest BCUT2D eigenvalue weighted by Crippen LogP contribution is -2.43. The topological polar surface area (TPSA) is 70.2 Å². The Kier molecular flexibility index (Phi) is 7.95. The van der Waals surface area contributed by atoms with Gasteiger partial charge in [0.15, 0.2) is 0 Å². The number of amides is 3. The Morgan fingerprint density at radius 2 is 2.00 bits per heavy atom. The van der Waals surface area contributed by atoms with Crippen LogP contribution in [0, 0.1) is 0 Å². The summed E-state index contributed by atoms with van der Waals surface area (Å²) in [7, 11) is 0. The molecular weight excluding hydrogens is 322 g/mol. The van der Waals surface area contributed by atoms with Crippen molar-refractivity contribution in [2.75, 3.05) is 18.1 Å². The minimum absolute atomic E-state index is 0.0252. The average molecular weight is 350 g/mol. The molecule has 0 bridgehead atoms. The van der Waals surface area contributed by atoms with E-state index in [-0.39, 0.29) is 11.9 Å². The summed E-state index contributed by atoms with van der Waals surface area (Å²) in [5, 5.41) is 8.73. The van der Waals surface area contributed by atoms with Gasteiger partial charge in [0, 0.05) is 29.6 Å². The zero-order valence-electron chi connectivity index (χ0n) is 14.3. The van der Waals surface area contributed by atoms with Crippen LogP contribution >= 0.6 is 11.8 Å². The maximum atomic E-state index is 11.9. The van der Waals surface area contributed by atoms with Gasteiger partial charge in [0.25, 0.3) is 0 Å². The third kappa shape index (κ3) is 6.83. The quantitative estimate of drug-likeness (QED) is 0.518. The molecule has 3 N–H and O–H groups in total. The van der Waals surface area contributed by atoms with Gasteiger partial charge in [0.05, 0.1) is 0 Å². The lowest BCUT2D eigenvalue weighted by molar-refractivity contribution is -0.116. The van der Waals surface area contributed by atoms with Gasteiger partial charge in [-0.25, -0.2) is 4.79 Å². The Morgan fingerprint density at radius 1 is 1.21 bits per heavy atom. The van der Waals surface area contributed by atoms with Crippen molar-refractivity contribution in [1.82, 2.24) is 10.6 Å². The van der Waals surface area contributed by atoms with E-state index < -0.39 is 0 Å². The predicted molar refractivity (Wildman–Crippen MR) is 99.5 cm³/mol. The van der Waals surface area contributed by atoms with E-state index in [1.54, 1.807) is 11.8 Å². The fourth-order valence-corrected chi connectivity index (χ4v) is 3.32. The SMILES string of the molecule is CSc1cccc(NC(=O)CCCNC(=O)NC2CCCCC2)c1. The van der Waals surface area contributed by atoms with Crippen molar-refractivity contribution in [2.24, 2.45) is 0 Å². The van der Waals surface area contributed by atoms with Crippen molar-refractivity contribution in [1.29, 1.82) is 0 Å². The summed E-state index contributed by atoms with van der Waals surface area (Å²) in [4.78, 5) is 24.8. The monoisotopic (exact) mass is 349 g/mol. The van der Waals surface area contributed by atoms with Crippen LogP contribution in [-0.4, -0.2) is 30.8 Å². The number of thioether (sulfide) groups is 1. The summed E-state index contributed by atoms with van der Waals surface area (Å²) < 4.78 is 0. The first kappa shape index (κ1) is 18.6. The van der Waals surface area contributed by atoms with Crippen molar-refractivity contribution in [3.05, 3.63) is 24.3 Å². The number of carbonyl (C=O) groups excluding carboxylic acids is 2. The molecule has 0 heterocycles. The highest BCUT2D eigenvalue weighted by Gasteiger charge is 2.15. The molecule has 3 amide bonds. The van der Waals surface area contributed by atoms with Crippen LogP contribution in [0.3, 0.4) is 0 Å². The van der Waals surface area contributed by atoms with E-state index in [4.69, 9.17) is 0 Å². The molecule has 1 fully saturated rings. The third-order valence-corrected chi connectivity index (χ3v) is 4.89. The zero-order chi connectivity index (χ0) is 17.2. The van der Waals surface area contributed by atoms with E-state index in [1.165, 1.54) is 19.3 Å². The molecule has 132 valence electrons. The third-order valence-electron chi connectivity index (χ3n) is 4.16. The highest BCUT2D eigenvalue weighted by atomic mass is 32.2. The van der Waals surface area contributed by atoms with Gasteiger partial charge in [-0.2, -0.15) is 0 Å². The Labute approximate surface area is 148 Å². The van der Waals surface area contributed by atoms with Gasteiger partial charge < -0.3 is 16.0 Å². The minimum atomic E-state index is -0.116. The van der Waals surface area contributed by atoms with Gasteiger partial charge in [-0.1, -0.05) is 25.3 Å². The largest absolute Gasteiger partial charge is 0.338 e. The predicted octanol–water partition coefficient (Wildman–Crippen LogP) is 3.76. The Morgan fingerprint density at radius 3 is 2.75 bits per heavy atom. The molecule has 1 saturated carbocycles. The molecule has 1 aromatic rings. The molecule has 0 unspecified atom stereocenters. The molecule has 0 atom stereocenters. The maximum absolute atomic E-state index is 11.9. The highest BCUT2D eigenvalue weighted by Crippen LogP contribution is 2.19. The summed E-state index contributed by atoms with van der Waals surface area (Å²) in [6.45, 7) is 0.511. The second kappa shape index (κ2) is 10.2. The standard InChI is InChI=1S/C18H27N3O2S/c1-24-16-10-5-9-15(13-16)20-17(22)11-6-12-19-18(23)21-14-7-3-2-4-8-14/h5,9-10,13-14H,2-4,6-8,11-12H2,1H3,(H,20,22)(H2,19,21,23). The van der Waals surface area contributed by atoms with E-state index >= 15 is 0 Å². The van der Waals surface area contributed by atoms with Crippen molar-refractivity contribution in [3.8, 4) is 0 Å². The average Bonchev–Trinajstić information content (AvgIpc) is 2.60. The van der Waals surface area contributed by atoms with Crippen molar-refractivity contribution >= 4 is 29.4 Å². The number of rotatable bonds is 7. The fraction of sp³-hybridized carbons (Fsp3) is 0.556. The smallest absolute Gasteiger partial charge is 0.315 e. The van der Waals surface area contributed by atoms with Crippen LogP contribution in [0.5, 0.6) is 0 Å². The number of urea groups is 1. The van der Waals surface area contributed by atoms with Crippen molar-refractivity contribution < 1.29 is 9.59 Å². The number of hydrogen-bond donors (Lipinski definition) is 3. The number of benzene rings is 1. The molecule has 1 aliphatic carbocycles. The second-order valence-corrected chi connectivity index (χ2v) is 7.00. The van der Waals surface area contributed by atoms with E-state index in [2.05, 4.69) is 16.0 Å². The molecule has 0 aliphatic heterocycles. The molecule has 24 heavy (non-hydrogen) atoms. The molecule has 1 aliphatic rings. The molecule has 0 saturated heterocycles. The van der Waals surface area contributed by atoms with Crippen LogP contribution in [-0.2, 0) is 4.79 Å². The van der Waals surface area contributed by atoms with Crippen LogP contribution in [0.4, 0.5) is 10.5 Å². The normalized spacial score (nSPS) is 14.9. The van der Waals surface area contributed by atoms with E-state index in [0.29, 0.717) is 25.4 Å². The first-order chi connectivity index (χ1) is 11.7. The van der Waals surface area contributed by atoms with Crippen LogP contribution in [0.15, 0.2) is 29.2 Å². The van der Waals surface area contributed by atoms with Crippen LogP contribution < -0.4 is 16.0 Å². The van der Waals surface area contributed by atoms with Gasteiger partial charge in [-0.3, -0.25) is 4.79 Å².